The van der Waals surface area contributed by atoms with E-state index in [1.165, 1.54) is 0 Å². The van der Waals surface area contributed by atoms with Crippen LogP contribution in [0.5, 0.6) is 5.75 Å². The standard InChI is InChI=1S/C22H35NO5/c1-14(2)17-10-9-11-18(15(3)4)19(17)26-12-13-27-20(24)16(5)23-21(25)28-22(6,7)8/h9-11,14-16H,12-13H2,1-8H3,(H,23,25)/t16-/m0/s1. The van der Waals surface area contributed by atoms with Crippen LogP contribution in [0.3, 0.4) is 0 Å². The van der Waals surface area contributed by atoms with Crippen molar-refractivity contribution in [2.24, 2.45) is 0 Å². The first kappa shape index (κ1) is 23.8. The topological polar surface area (TPSA) is 73.9 Å². The van der Waals surface area contributed by atoms with Crippen molar-refractivity contribution in [3.63, 3.8) is 0 Å². The lowest BCUT2D eigenvalue weighted by Gasteiger charge is -2.22. The van der Waals surface area contributed by atoms with Gasteiger partial charge in [-0.05, 0) is 50.7 Å². The number of ether oxygens (including phenoxy) is 3. The Morgan fingerprint density at radius 3 is 1.96 bits per heavy atom. The summed E-state index contributed by atoms with van der Waals surface area (Å²) in [6.45, 7) is 15.7. The lowest BCUT2D eigenvalue weighted by atomic mass is 9.94. The minimum absolute atomic E-state index is 0.100. The van der Waals surface area contributed by atoms with Gasteiger partial charge in [0.25, 0.3) is 0 Å². The van der Waals surface area contributed by atoms with Gasteiger partial charge in [-0.25, -0.2) is 9.59 Å². The van der Waals surface area contributed by atoms with Gasteiger partial charge in [0, 0.05) is 0 Å². The zero-order valence-electron chi connectivity index (χ0n) is 18.4. The van der Waals surface area contributed by atoms with E-state index in [0.717, 1.165) is 16.9 Å². The molecule has 0 spiro atoms. The lowest BCUT2D eigenvalue weighted by Crippen LogP contribution is -2.42. The number of alkyl carbamates (subject to hydrolysis) is 1. The number of nitrogens with one attached hydrogen (secondary N) is 1. The van der Waals surface area contributed by atoms with Gasteiger partial charge in [-0.1, -0.05) is 45.9 Å². The van der Waals surface area contributed by atoms with Crippen LogP contribution in [0.4, 0.5) is 4.79 Å². The van der Waals surface area contributed by atoms with Gasteiger partial charge in [-0.2, -0.15) is 0 Å². The fourth-order valence-electron chi connectivity index (χ4n) is 2.60. The van der Waals surface area contributed by atoms with Crippen molar-refractivity contribution < 1.29 is 23.8 Å². The first-order valence-corrected chi connectivity index (χ1v) is 9.84. The molecule has 0 heterocycles. The molecule has 0 bridgehead atoms. The van der Waals surface area contributed by atoms with Crippen LogP contribution in [0.15, 0.2) is 18.2 Å². The van der Waals surface area contributed by atoms with Crippen LogP contribution in [0.1, 0.15) is 78.4 Å². The Labute approximate surface area is 168 Å². The second kappa shape index (κ2) is 10.3. The zero-order valence-corrected chi connectivity index (χ0v) is 18.4. The van der Waals surface area contributed by atoms with Crippen LogP contribution in [0.25, 0.3) is 0 Å². The summed E-state index contributed by atoms with van der Waals surface area (Å²) in [6, 6.07) is 5.36. The number of hydrogen-bond donors (Lipinski definition) is 1. The largest absolute Gasteiger partial charge is 0.489 e. The molecule has 0 saturated heterocycles. The molecule has 0 aliphatic heterocycles. The summed E-state index contributed by atoms with van der Waals surface area (Å²) in [4.78, 5) is 23.8. The normalized spacial score (nSPS) is 12.6. The van der Waals surface area contributed by atoms with Gasteiger partial charge in [0.2, 0.25) is 0 Å². The van der Waals surface area contributed by atoms with E-state index in [1.54, 1.807) is 27.7 Å². The van der Waals surface area contributed by atoms with Crippen LogP contribution in [-0.4, -0.2) is 36.9 Å². The van der Waals surface area contributed by atoms with E-state index < -0.39 is 23.7 Å². The number of benzene rings is 1. The fourth-order valence-corrected chi connectivity index (χ4v) is 2.60. The maximum absolute atomic E-state index is 12.1. The predicted molar refractivity (Wildman–Crippen MR) is 110 cm³/mol. The summed E-state index contributed by atoms with van der Waals surface area (Å²) < 4.78 is 16.3. The van der Waals surface area contributed by atoms with Crippen LogP contribution in [0, 0.1) is 0 Å². The molecule has 1 aromatic carbocycles. The van der Waals surface area contributed by atoms with Crippen LogP contribution < -0.4 is 10.1 Å². The van der Waals surface area contributed by atoms with Crippen LogP contribution in [-0.2, 0) is 14.3 Å². The van der Waals surface area contributed by atoms with Gasteiger partial charge in [-0.15, -0.1) is 0 Å². The highest BCUT2D eigenvalue weighted by Gasteiger charge is 2.22. The molecule has 0 aliphatic carbocycles. The third-order valence-corrected chi connectivity index (χ3v) is 3.98. The van der Waals surface area contributed by atoms with E-state index in [-0.39, 0.29) is 13.2 Å². The molecule has 0 aliphatic rings. The first-order chi connectivity index (χ1) is 12.9. The van der Waals surface area contributed by atoms with Crippen LogP contribution in [0.2, 0.25) is 0 Å². The highest BCUT2D eigenvalue weighted by atomic mass is 16.6. The monoisotopic (exact) mass is 393 g/mol. The number of para-hydroxylation sites is 1. The third-order valence-electron chi connectivity index (χ3n) is 3.98. The van der Waals surface area contributed by atoms with Crippen molar-refractivity contribution in [3.05, 3.63) is 29.3 Å². The van der Waals surface area contributed by atoms with Crippen molar-refractivity contribution in [1.29, 1.82) is 0 Å². The summed E-state index contributed by atoms with van der Waals surface area (Å²) in [5.41, 5.74) is 1.65. The van der Waals surface area contributed by atoms with Gasteiger partial charge in [-0.3, -0.25) is 0 Å². The van der Waals surface area contributed by atoms with E-state index in [2.05, 4.69) is 45.1 Å². The minimum Gasteiger partial charge on any atom is -0.489 e. The van der Waals surface area contributed by atoms with Gasteiger partial charge in [0.15, 0.2) is 0 Å². The van der Waals surface area contributed by atoms with Crippen LogP contribution >= 0.6 is 0 Å². The molecule has 158 valence electrons. The molecule has 1 amide bonds. The highest BCUT2D eigenvalue weighted by Crippen LogP contribution is 2.34. The second-order valence-electron chi connectivity index (χ2n) is 8.46. The molecule has 1 atom stereocenters. The van der Waals surface area contributed by atoms with Gasteiger partial charge in [0.05, 0.1) is 0 Å². The second-order valence-corrected chi connectivity index (χ2v) is 8.46. The molecule has 6 nitrogen and oxygen atoms in total. The van der Waals surface area contributed by atoms with Crippen molar-refractivity contribution in [1.82, 2.24) is 5.32 Å². The zero-order chi connectivity index (χ0) is 21.5. The predicted octanol–water partition coefficient (Wildman–Crippen LogP) is 4.77. The number of rotatable bonds is 8. The maximum Gasteiger partial charge on any atom is 0.408 e. The smallest absolute Gasteiger partial charge is 0.408 e. The molecule has 0 aromatic heterocycles. The molecular weight excluding hydrogens is 358 g/mol. The van der Waals surface area contributed by atoms with E-state index in [4.69, 9.17) is 14.2 Å². The minimum atomic E-state index is -0.802. The molecule has 0 fully saturated rings. The van der Waals surface area contributed by atoms with Crippen molar-refractivity contribution >= 4 is 12.1 Å². The Kier molecular flexibility index (Phi) is 8.79. The summed E-state index contributed by atoms with van der Waals surface area (Å²) >= 11 is 0. The summed E-state index contributed by atoms with van der Waals surface area (Å²) in [5, 5.41) is 2.47. The lowest BCUT2D eigenvalue weighted by molar-refractivity contribution is -0.146. The SMILES string of the molecule is CC(C)c1cccc(C(C)C)c1OCCOC(=O)[C@H](C)NC(=O)OC(C)(C)C. The summed E-state index contributed by atoms with van der Waals surface area (Å²) in [5.74, 6) is 0.989. The van der Waals surface area contributed by atoms with Gasteiger partial charge < -0.3 is 19.5 Å². The molecule has 1 rings (SSSR count). The average molecular weight is 394 g/mol. The van der Waals surface area contributed by atoms with Crippen molar-refractivity contribution in [2.45, 2.75) is 78.9 Å². The Morgan fingerprint density at radius 1 is 0.964 bits per heavy atom. The average Bonchev–Trinajstić information content (AvgIpc) is 2.56. The van der Waals surface area contributed by atoms with E-state index in [1.807, 2.05) is 6.07 Å². The Morgan fingerprint density at radius 2 is 1.50 bits per heavy atom. The Balaban J connectivity index is 2.57. The number of esters is 1. The molecule has 28 heavy (non-hydrogen) atoms. The number of hydrogen-bond acceptors (Lipinski definition) is 5. The van der Waals surface area contributed by atoms with Crippen molar-refractivity contribution in [3.8, 4) is 5.75 Å². The Hall–Kier alpha value is -2.24. The quantitative estimate of drug-likeness (QED) is 0.509. The molecular formula is C22H35NO5. The highest BCUT2D eigenvalue weighted by molar-refractivity contribution is 5.81. The van der Waals surface area contributed by atoms with E-state index >= 15 is 0 Å². The molecule has 0 radical (unpaired) electrons. The Bertz CT molecular complexity index is 635. The third kappa shape index (κ3) is 7.79. The van der Waals surface area contributed by atoms with Gasteiger partial charge >= 0.3 is 12.1 Å². The molecule has 1 aromatic rings. The maximum atomic E-state index is 12.1. The van der Waals surface area contributed by atoms with E-state index in [0.29, 0.717) is 11.8 Å². The van der Waals surface area contributed by atoms with Gasteiger partial charge in [0.1, 0.15) is 30.6 Å². The summed E-state index contributed by atoms with van der Waals surface area (Å²) in [6.07, 6.45) is -0.652. The number of amides is 1. The first-order valence-electron chi connectivity index (χ1n) is 9.84. The summed E-state index contributed by atoms with van der Waals surface area (Å²) in [7, 11) is 0. The number of carbonyl (C=O) groups is 2. The molecule has 1 N–H and O–H groups in total. The number of carbonyl (C=O) groups excluding carboxylic acids is 2. The molecule has 0 unspecified atom stereocenters. The molecule has 6 heteroatoms. The fraction of sp³-hybridized carbons (Fsp3) is 0.636. The van der Waals surface area contributed by atoms with Crippen molar-refractivity contribution in [2.75, 3.05) is 13.2 Å². The molecule has 0 saturated carbocycles. The van der Waals surface area contributed by atoms with E-state index in [9.17, 15) is 9.59 Å².